The summed E-state index contributed by atoms with van der Waals surface area (Å²) in [6.45, 7) is 7.25. The van der Waals surface area contributed by atoms with Crippen molar-refractivity contribution in [2.24, 2.45) is 0 Å². The minimum absolute atomic E-state index is 0.00621. The second-order valence-corrected chi connectivity index (χ2v) is 7.02. The van der Waals surface area contributed by atoms with E-state index in [0.717, 1.165) is 18.4 Å². The van der Waals surface area contributed by atoms with E-state index in [4.69, 9.17) is 14.2 Å². The van der Waals surface area contributed by atoms with E-state index in [1.165, 1.54) is 6.92 Å². The summed E-state index contributed by atoms with van der Waals surface area (Å²) in [4.78, 5) is 25.9. The van der Waals surface area contributed by atoms with Gasteiger partial charge in [-0.1, -0.05) is 19.9 Å². The van der Waals surface area contributed by atoms with Crippen LogP contribution in [0.1, 0.15) is 49.5 Å². The summed E-state index contributed by atoms with van der Waals surface area (Å²) in [5.74, 6) is 1.82. The molecule has 0 spiro atoms. The number of methoxy groups -OCH3 is 1. The maximum absolute atomic E-state index is 12.7. The number of hydrogen-bond donors (Lipinski definition) is 0. The van der Waals surface area contributed by atoms with Gasteiger partial charge in [-0.25, -0.2) is 0 Å². The number of Topliss-reactive ketones (excluding diaryl/α,β-unsaturated/α-hetero) is 1. The van der Waals surface area contributed by atoms with Crippen molar-refractivity contribution in [2.75, 3.05) is 26.9 Å². The molecule has 6 nitrogen and oxygen atoms in total. The molecule has 30 heavy (non-hydrogen) atoms. The molecule has 0 aliphatic carbocycles. The molecule has 6 heteroatoms. The highest BCUT2D eigenvalue weighted by molar-refractivity contribution is 5.94. The molecular weight excluding hydrogens is 382 g/mol. The van der Waals surface area contributed by atoms with Gasteiger partial charge in [0.05, 0.1) is 13.7 Å². The number of carbonyl (C=O) groups excluding carboxylic acids is 2. The van der Waals surface area contributed by atoms with Crippen molar-refractivity contribution in [3.05, 3.63) is 53.6 Å². The third-order valence-electron chi connectivity index (χ3n) is 4.53. The summed E-state index contributed by atoms with van der Waals surface area (Å²) in [7, 11) is 1.61. The van der Waals surface area contributed by atoms with Gasteiger partial charge in [0, 0.05) is 18.7 Å². The second kappa shape index (κ2) is 11.9. The Morgan fingerprint density at radius 3 is 2.27 bits per heavy atom. The first-order valence-electron chi connectivity index (χ1n) is 10.3. The number of amides is 1. The lowest BCUT2D eigenvalue weighted by Gasteiger charge is -2.23. The number of nitrogens with zero attached hydrogens (tertiary/aromatic N) is 1. The van der Waals surface area contributed by atoms with Crippen molar-refractivity contribution < 1.29 is 23.8 Å². The lowest BCUT2D eigenvalue weighted by atomic mass is 10.1. The molecule has 1 amide bonds. The Morgan fingerprint density at radius 2 is 1.67 bits per heavy atom. The van der Waals surface area contributed by atoms with Crippen molar-refractivity contribution in [1.29, 1.82) is 0 Å². The molecule has 0 aliphatic heterocycles. The molecule has 0 aliphatic rings. The number of ether oxygens (including phenoxy) is 3. The van der Waals surface area contributed by atoms with Gasteiger partial charge in [-0.15, -0.1) is 0 Å². The van der Waals surface area contributed by atoms with Gasteiger partial charge in [-0.05, 0) is 61.7 Å². The summed E-state index contributed by atoms with van der Waals surface area (Å²) in [5, 5.41) is 0. The van der Waals surface area contributed by atoms with Gasteiger partial charge in [-0.2, -0.15) is 0 Å². The Morgan fingerprint density at radius 1 is 0.933 bits per heavy atom. The van der Waals surface area contributed by atoms with Crippen LogP contribution in [0.25, 0.3) is 0 Å². The second-order valence-electron chi connectivity index (χ2n) is 7.02. The Bertz CT molecular complexity index is 832. The fourth-order valence-corrected chi connectivity index (χ4v) is 2.95. The Kier molecular flexibility index (Phi) is 9.19. The highest BCUT2D eigenvalue weighted by atomic mass is 16.5. The van der Waals surface area contributed by atoms with E-state index < -0.39 is 0 Å². The van der Waals surface area contributed by atoms with E-state index in [1.54, 1.807) is 36.3 Å². The van der Waals surface area contributed by atoms with Crippen molar-refractivity contribution in [2.45, 2.75) is 40.2 Å². The molecule has 0 saturated carbocycles. The summed E-state index contributed by atoms with van der Waals surface area (Å²) >= 11 is 0. The molecule has 0 heterocycles. The highest BCUT2D eigenvalue weighted by Crippen LogP contribution is 2.28. The van der Waals surface area contributed by atoms with E-state index in [2.05, 4.69) is 6.92 Å². The molecule has 0 atom stereocenters. The maximum atomic E-state index is 12.7. The molecule has 0 fully saturated rings. The smallest absolute Gasteiger partial charge is 0.260 e. The predicted molar refractivity (Wildman–Crippen MR) is 116 cm³/mol. The van der Waals surface area contributed by atoms with Crippen molar-refractivity contribution >= 4 is 11.7 Å². The molecule has 2 rings (SSSR count). The van der Waals surface area contributed by atoms with Gasteiger partial charge < -0.3 is 19.1 Å². The number of carbonyl (C=O) groups is 2. The average molecular weight is 414 g/mol. The first-order valence-corrected chi connectivity index (χ1v) is 10.3. The first kappa shape index (κ1) is 23.3. The van der Waals surface area contributed by atoms with Crippen LogP contribution in [0, 0.1) is 0 Å². The van der Waals surface area contributed by atoms with E-state index in [0.29, 0.717) is 42.5 Å². The minimum Gasteiger partial charge on any atom is -0.493 e. The molecule has 0 aromatic heterocycles. The Labute approximate surface area is 178 Å². The van der Waals surface area contributed by atoms with E-state index in [1.807, 2.05) is 25.1 Å². The third kappa shape index (κ3) is 6.79. The van der Waals surface area contributed by atoms with Crippen LogP contribution >= 0.6 is 0 Å². The van der Waals surface area contributed by atoms with Crippen LogP contribution in [-0.4, -0.2) is 43.5 Å². The van der Waals surface area contributed by atoms with Crippen LogP contribution in [0.5, 0.6) is 17.2 Å². The molecule has 162 valence electrons. The quantitative estimate of drug-likeness (QED) is 0.479. The van der Waals surface area contributed by atoms with Gasteiger partial charge in [0.25, 0.3) is 5.91 Å². The zero-order chi connectivity index (χ0) is 21.9. The number of hydrogen-bond acceptors (Lipinski definition) is 5. The van der Waals surface area contributed by atoms with Crippen molar-refractivity contribution in [3.8, 4) is 17.2 Å². The maximum Gasteiger partial charge on any atom is 0.260 e. The van der Waals surface area contributed by atoms with Gasteiger partial charge in [0.1, 0.15) is 5.75 Å². The number of rotatable bonds is 12. The molecule has 0 unspecified atom stereocenters. The zero-order valence-electron chi connectivity index (χ0n) is 18.3. The monoisotopic (exact) mass is 413 g/mol. The summed E-state index contributed by atoms with van der Waals surface area (Å²) in [5.41, 5.74) is 1.57. The lowest BCUT2D eigenvalue weighted by molar-refractivity contribution is -0.134. The number of benzene rings is 2. The van der Waals surface area contributed by atoms with E-state index >= 15 is 0 Å². The van der Waals surface area contributed by atoms with Gasteiger partial charge in [0.2, 0.25) is 0 Å². The Balaban J connectivity index is 2.01. The SMILES string of the molecule is CCCOc1ccc(CN(CCC)C(=O)COc2ccc(C(C)=O)cc2)cc1OC. The molecule has 0 saturated heterocycles. The van der Waals surface area contributed by atoms with Crippen LogP contribution in [0.4, 0.5) is 0 Å². The summed E-state index contributed by atoms with van der Waals surface area (Å²) in [6.07, 6.45) is 1.76. The van der Waals surface area contributed by atoms with Gasteiger partial charge in [-0.3, -0.25) is 9.59 Å². The van der Waals surface area contributed by atoms with E-state index in [9.17, 15) is 9.59 Å². The minimum atomic E-state index is -0.0993. The van der Waals surface area contributed by atoms with Crippen molar-refractivity contribution in [1.82, 2.24) is 4.90 Å². The molecule has 0 bridgehead atoms. The van der Waals surface area contributed by atoms with E-state index in [-0.39, 0.29) is 18.3 Å². The van der Waals surface area contributed by atoms with Crippen LogP contribution < -0.4 is 14.2 Å². The fraction of sp³-hybridized carbons (Fsp3) is 0.417. The zero-order valence-corrected chi connectivity index (χ0v) is 18.3. The topological polar surface area (TPSA) is 65.1 Å². The largest absolute Gasteiger partial charge is 0.493 e. The summed E-state index contributed by atoms with van der Waals surface area (Å²) < 4.78 is 16.8. The van der Waals surface area contributed by atoms with Crippen LogP contribution in [0.15, 0.2) is 42.5 Å². The molecular formula is C24H31NO5. The molecule has 0 radical (unpaired) electrons. The fourth-order valence-electron chi connectivity index (χ4n) is 2.95. The molecule has 0 N–H and O–H groups in total. The number of ketones is 1. The summed E-state index contributed by atoms with van der Waals surface area (Å²) in [6, 6.07) is 12.5. The van der Waals surface area contributed by atoms with Crippen LogP contribution in [-0.2, 0) is 11.3 Å². The van der Waals surface area contributed by atoms with Crippen LogP contribution in [0.2, 0.25) is 0 Å². The normalized spacial score (nSPS) is 10.4. The average Bonchev–Trinajstić information content (AvgIpc) is 2.76. The van der Waals surface area contributed by atoms with Crippen LogP contribution in [0.3, 0.4) is 0 Å². The molecule has 2 aromatic rings. The first-order chi connectivity index (χ1) is 14.5. The Hall–Kier alpha value is -3.02. The van der Waals surface area contributed by atoms with Gasteiger partial charge in [0.15, 0.2) is 23.9 Å². The van der Waals surface area contributed by atoms with Gasteiger partial charge >= 0.3 is 0 Å². The third-order valence-corrected chi connectivity index (χ3v) is 4.53. The standard InChI is InChI=1S/C24H31NO5/c1-5-13-25(16-19-7-12-22(29-14-6-2)23(15-19)28-4)24(27)17-30-21-10-8-20(9-11-21)18(3)26/h7-12,15H,5-6,13-14,16-17H2,1-4H3. The predicted octanol–water partition coefficient (Wildman–Crippen LogP) is 4.50. The van der Waals surface area contributed by atoms with Crippen molar-refractivity contribution in [3.63, 3.8) is 0 Å². The highest BCUT2D eigenvalue weighted by Gasteiger charge is 2.16. The molecule has 2 aromatic carbocycles. The lowest BCUT2D eigenvalue weighted by Crippen LogP contribution is -2.35.